The first kappa shape index (κ1) is 13.9. The minimum atomic E-state index is 0.740. The maximum absolute atomic E-state index is 5.78. The van der Waals surface area contributed by atoms with Crippen molar-refractivity contribution < 1.29 is 0 Å². The second-order valence-corrected chi connectivity index (χ2v) is 5.56. The van der Waals surface area contributed by atoms with Gasteiger partial charge in [-0.25, -0.2) is 4.98 Å². The fraction of sp³-hybridized carbons (Fsp3) is 0.267. The Hall–Kier alpha value is -1.55. The fourth-order valence-electron chi connectivity index (χ4n) is 1.87. The highest BCUT2D eigenvalue weighted by Gasteiger charge is 2.05. The Morgan fingerprint density at radius 2 is 2.05 bits per heavy atom. The monoisotopic (exact) mass is 319 g/mol. The van der Waals surface area contributed by atoms with Crippen LogP contribution in [0.3, 0.4) is 0 Å². The molecular weight excluding hydrogens is 302 g/mol. The second-order valence-electron chi connectivity index (χ2n) is 4.65. The number of halogens is 1. The standard InChI is InChI=1S/C15H18BrN3/c1-11-14(17)6-7-15(18-11)19(2)9-8-12-4-3-5-13(16)10-12/h3-7,10H,8-9,17H2,1-2H3. The molecule has 0 aliphatic rings. The van der Waals surface area contributed by atoms with E-state index in [9.17, 15) is 0 Å². The Kier molecular flexibility index (Phi) is 4.43. The minimum Gasteiger partial charge on any atom is -0.397 e. The lowest BCUT2D eigenvalue weighted by molar-refractivity contribution is 0.856. The Morgan fingerprint density at radius 3 is 2.74 bits per heavy atom. The summed E-state index contributed by atoms with van der Waals surface area (Å²) < 4.78 is 1.12. The number of hydrogen-bond donors (Lipinski definition) is 1. The second kappa shape index (κ2) is 6.06. The number of hydrogen-bond acceptors (Lipinski definition) is 3. The molecule has 1 aromatic carbocycles. The van der Waals surface area contributed by atoms with Gasteiger partial charge in [0.1, 0.15) is 5.82 Å². The summed E-state index contributed by atoms with van der Waals surface area (Å²) in [5, 5.41) is 0. The molecule has 0 aliphatic carbocycles. The number of nitrogens with two attached hydrogens (primary N) is 1. The molecule has 2 N–H and O–H groups in total. The number of nitrogen functional groups attached to an aromatic ring is 1. The van der Waals surface area contributed by atoms with Gasteiger partial charge in [0.2, 0.25) is 0 Å². The van der Waals surface area contributed by atoms with Crippen LogP contribution in [-0.4, -0.2) is 18.6 Å². The topological polar surface area (TPSA) is 42.2 Å². The van der Waals surface area contributed by atoms with Crippen molar-refractivity contribution in [3.63, 3.8) is 0 Å². The Balaban J connectivity index is 2.01. The maximum Gasteiger partial charge on any atom is 0.128 e. The SMILES string of the molecule is Cc1nc(N(C)CCc2cccc(Br)c2)ccc1N. The molecule has 19 heavy (non-hydrogen) atoms. The van der Waals surface area contributed by atoms with Gasteiger partial charge in [-0.15, -0.1) is 0 Å². The molecule has 1 aromatic heterocycles. The lowest BCUT2D eigenvalue weighted by Crippen LogP contribution is -2.21. The molecule has 0 saturated heterocycles. The first-order chi connectivity index (χ1) is 9.06. The van der Waals surface area contributed by atoms with Crippen molar-refractivity contribution in [3.8, 4) is 0 Å². The molecule has 2 rings (SSSR count). The quantitative estimate of drug-likeness (QED) is 0.939. The Morgan fingerprint density at radius 1 is 1.26 bits per heavy atom. The van der Waals surface area contributed by atoms with E-state index in [1.807, 2.05) is 25.1 Å². The molecule has 0 radical (unpaired) electrons. The van der Waals surface area contributed by atoms with Crippen LogP contribution in [0.4, 0.5) is 11.5 Å². The van der Waals surface area contributed by atoms with E-state index in [2.05, 4.69) is 51.1 Å². The van der Waals surface area contributed by atoms with Crippen LogP contribution < -0.4 is 10.6 Å². The highest BCUT2D eigenvalue weighted by molar-refractivity contribution is 9.10. The van der Waals surface area contributed by atoms with Gasteiger partial charge in [0, 0.05) is 18.1 Å². The lowest BCUT2D eigenvalue weighted by atomic mass is 10.1. The van der Waals surface area contributed by atoms with Gasteiger partial charge in [-0.05, 0) is 43.2 Å². The van der Waals surface area contributed by atoms with E-state index >= 15 is 0 Å². The fourth-order valence-corrected chi connectivity index (χ4v) is 2.32. The average Bonchev–Trinajstić information content (AvgIpc) is 2.39. The van der Waals surface area contributed by atoms with E-state index in [0.717, 1.165) is 34.6 Å². The lowest BCUT2D eigenvalue weighted by Gasteiger charge is -2.19. The Bertz CT molecular complexity index is 569. The van der Waals surface area contributed by atoms with Gasteiger partial charge in [-0.1, -0.05) is 28.1 Å². The zero-order valence-electron chi connectivity index (χ0n) is 11.2. The van der Waals surface area contributed by atoms with Crippen LogP contribution in [-0.2, 0) is 6.42 Å². The first-order valence-electron chi connectivity index (χ1n) is 6.25. The van der Waals surface area contributed by atoms with Crippen molar-refractivity contribution in [1.82, 2.24) is 4.98 Å². The van der Waals surface area contributed by atoms with E-state index in [-0.39, 0.29) is 0 Å². The van der Waals surface area contributed by atoms with E-state index in [0.29, 0.717) is 0 Å². The van der Waals surface area contributed by atoms with Crippen molar-refractivity contribution in [2.45, 2.75) is 13.3 Å². The molecule has 0 spiro atoms. The maximum atomic E-state index is 5.78. The summed E-state index contributed by atoms with van der Waals surface area (Å²) in [6.07, 6.45) is 0.987. The third-order valence-electron chi connectivity index (χ3n) is 3.13. The summed E-state index contributed by atoms with van der Waals surface area (Å²) >= 11 is 3.49. The third kappa shape index (κ3) is 3.70. The molecular formula is C15H18BrN3. The Labute approximate surface area is 122 Å². The molecule has 0 bridgehead atoms. The van der Waals surface area contributed by atoms with E-state index < -0.39 is 0 Å². The zero-order valence-corrected chi connectivity index (χ0v) is 12.8. The average molecular weight is 320 g/mol. The molecule has 0 unspecified atom stereocenters. The van der Waals surface area contributed by atoms with E-state index in [4.69, 9.17) is 5.73 Å². The molecule has 0 aliphatic heterocycles. The highest BCUT2D eigenvalue weighted by atomic mass is 79.9. The van der Waals surface area contributed by atoms with Gasteiger partial charge < -0.3 is 10.6 Å². The summed E-state index contributed by atoms with van der Waals surface area (Å²) in [5.74, 6) is 0.960. The smallest absolute Gasteiger partial charge is 0.128 e. The van der Waals surface area contributed by atoms with Gasteiger partial charge >= 0.3 is 0 Å². The minimum absolute atomic E-state index is 0.740. The van der Waals surface area contributed by atoms with Crippen molar-refractivity contribution in [1.29, 1.82) is 0 Å². The number of rotatable bonds is 4. The van der Waals surface area contributed by atoms with Gasteiger partial charge in [0.15, 0.2) is 0 Å². The molecule has 2 aromatic rings. The number of aryl methyl sites for hydroxylation is 1. The predicted molar refractivity (Wildman–Crippen MR) is 84.5 cm³/mol. The molecule has 0 amide bonds. The number of likely N-dealkylation sites (N-methyl/N-ethyl adjacent to an activating group) is 1. The van der Waals surface area contributed by atoms with Crippen molar-refractivity contribution in [2.75, 3.05) is 24.2 Å². The molecule has 0 atom stereocenters. The van der Waals surface area contributed by atoms with Crippen LogP contribution in [0.5, 0.6) is 0 Å². The number of pyridine rings is 1. The summed E-state index contributed by atoms with van der Waals surface area (Å²) in [6.45, 7) is 2.85. The molecule has 3 nitrogen and oxygen atoms in total. The van der Waals surface area contributed by atoms with Crippen LogP contribution in [0.2, 0.25) is 0 Å². The van der Waals surface area contributed by atoms with Crippen LogP contribution in [0.25, 0.3) is 0 Å². The predicted octanol–water partition coefficient (Wildman–Crippen LogP) is 3.41. The van der Waals surface area contributed by atoms with Crippen molar-refractivity contribution in [2.24, 2.45) is 0 Å². The van der Waals surface area contributed by atoms with Crippen LogP contribution in [0.15, 0.2) is 40.9 Å². The first-order valence-corrected chi connectivity index (χ1v) is 7.04. The molecule has 100 valence electrons. The number of nitrogens with zero attached hydrogens (tertiary/aromatic N) is 2. The summed E-state index contributed by atoms with van der Waals surface area (Å²) in [4.78, 5) is 6.64. The van der Waals surface area contributed by atoms with E-state index in [1.165, 1.54) is 5.56 Å². The highest BCUT2D eigenvalue weighted by Crippen LogP contribution is 2.16. The number of benzene rings is 1. The molecule has 0 saturated carbocycles. The van der Waals surface area contributed by atoms with Crippen molar-refractivity contribution >= 4 is 27.4 Å². The van der Waals surface area contributed by atoms with E-state index in [1.54, 1.807) is 0 Å². The molecule has 4 heteroatoms. The summed E-state index contributed by atoms with van der Waals surface area (Å²) in [6, 6.07) is 12.3. The number of aromatic nitrogens is 1. The summed E-state index contributed by atoms with van der Waals surface area (Å²) in [5.41, 5.74) is 8.72. The normalized spacial score (nSPS) is 10.5. The van der Waals surface area contributed by atoms with Crippen LogP contribution in [0, 0.1) is 6.92 Å². The third-order valence-corrected chi connectivity index (χ3v) is 3.62. The van der Waals surface area contributed by atoms with Crippen LogP contribution >= 0.6 is 15.9 Å². The zero-order chi connectivity index (χ0) is 13.8. The van der Waals surface area contributed by atoms with Gasteiger partial charge in [0.05, 0.1) is 11.4 Å². The largest absolute Gasteiger partial charge is 0.397 e. The molecule has 1 heterocycles. The van der Waals surface area contributed by atoms with Gasteiger partial charge in [-0.2, -0.15) is 0 Å². The van der Waals surface area contributed by atoms with Gasteiger partial charge in [0.25, 0.3) is 0 Å². The van der Waals surface area contributed by atoms with Gasteiger partial charge in [-0.3, -0.25) is 0 Å². The van der Waals surface area contributed by atoms with Crippen LogP contribution in [0.1, 0.15) is 11.3 Å². The number of anilines is 2. The van der Waals surface area contributed by atoms with Crippen molar-refractivity contribution in [3.05, 3.63) is 52.1 Å². The molecule has 0 fully saturated rings. The summed E-state index contributed by atoms with van der Waals surface area (Å²) in [7, 11) is 2.05.